The molecule has 192 valence electrons. The second-order valence-electron chi connectivity index (χ2n) is 12.3. The first kappa shape index (κ1) is 23.9. The highest BCUT2D eigenvalue weighted by Gasteiger charge is 2.59. The van der Waals surface area contributed by atoms with E-state index in [9.17, 15) is 9.90 Å². The van der Waals surface area contributed by atoms with Crippen molar-refractivity contribution in [2.45, 2.75) is 84.5 Å². The highest BCUT2D eigenvalue weighted by atomic mass is 16.5. The van der Waals surface area contributed by atoms with Gasteiger partial charge in [-0.1, -0.05) is 48.9 Å². The molecule has 4 aliphatic rings. The van der Waals surface area contributed by atoms with Crippen molar-refractivity contribution >= 4 is 5.78 Å². The van der Waals surface area contributed by atoms with E-state index in [2.05, 4.69) is 30.2 Å². The average molecular weight is 490 g/mol. The number of aromatic nitrogens is 3. The van der Waals surface area contributed by atoms with E-state index in [4.69, 9.17) is 4.74 Å². The first-order chi connectivity index (χ1) is 17.4. The van der Waals surface area contributed by atoms with Crippen LogP contribution >= 0.6 is 0 Å². The number of carbonyl (C=O) groups is 1. The summed E-state index contributed by atoms with van der Waals surface area (Å²) in [5, 5.41) is 18.7. The van der Waals surface area contributed by atoms with E-state index in [0.29, 0.717) is 36.7 Å². The molecule has 6 rings (SSSR count). The van der Waals surface area contributed by atoms with E-state index in [1.165, 1.54) is 12.0 Å². The summed E-state index contributed by atoms with van der Waals surface area (Å²) >= 11 is 0. The lowest BCUT2D eigenvalue weighted by molar-refractivity contribution is -0.130. The molecular formula is C30H39N3O3. The van der Waals surface area contributed by atoms with Crippen LogP contribution in [0.25, 0.3) is 0 Å². The van der Waals surface area contributed by atoms with Crippen LogP contribution in [-0.2, 0) is 17.9 Å². The van der Waals surface area contributed by atoms with Gasteiger partial charge in [0.25, 0.3) is 0 Å². The maximum atomic E-state index is 13.6. The quantitative estimate of drug-likeness (QED) is 0.552. The van der Waals surface area contributed by atoms with Crippen molar-refractivity contribution in [3.63, 3.8) is 0 Å². The number of hydrogen-bond acceptors (Lipinski definition) is 5. The molecule has 1 heterocycles. The van der Waals surface area contributed by atoms with Crippen molar-refractivity contribution in [2.24, 2.45) is 34.5 Å². The molecule has 4 aliphatic carbocycles. The lowest BCUT2D eigenvalue weighted by atomic mass is 9.47. The maximum absolute atomic E-state index is 13.6. The number of aliphatic hydroxyl groups excluding tert-OH is 1. The zero-order chi connectivity index (χ0) is 24.9. The van der Waals surface area contributed by atoms with E-state index >= 15 is 0 Å². The molecule has 1 N–H and O–H groups in total. The van der Waals surface area contributed by atoms with Crippen LogP contribution in [0.3, 0.4) is 0 Å². The summed E-state index contributed by atoms with van der Waals surface area (Å²) < 4.78 is 7.47. The number of Topliss-reactive ketones (excluding diaryl/α,β-unsaturated/α-hetero) is 1. The SMILES string of the molecule is C[C@]12CC[C@H]3[C@@H](CC=C4CC(O)CC[C@@]43C)[C@@H]1CC[C@@H]2C(=O)Cn1cc(COc2ccccc2)nn1. The molecular weight excluding hydrogens is 450 g/mol. The normalized spacial score (nSPS) is 37.4. The lowest BCUT2D eigenvalue weighted by Gasteiger charge is -2.57. The summed E-state index contributed by atoms with van der Waals surface area (Å²) in [6.45, 7) is 5.50. The minimum atomic E-state index is -0.162. The molecule has 2 aromatic rings. The van der Waals surface area contributed by atoms with E-state index in [-0.39, 0.29) is 22.9 Å². The number of hydrogen-bond donors (Lipinski definition) is 1. The molecule has 0 bridgehead atoms. The number of benzene rings is 1. The third kappa shape index (κ3) is 4.02. The van der Waals surface area contributed by atoms with Crippen LogP contribution in [-0.4, -0.2) is 32.0 Å². The van der Waals surface area contributed by atoms with Gasteiger partial charge in [-0.25, -0.2) is 4.68 Å². The van der Waals surface area contributed by atoms with Crippen molar-refractivity contribution in [2.75, 3.05) is 0 Å². The predicted molar refractivity (Wildman–Crippen MR) is 137 cm³/mol. The summed E-state index contributed by atoms with van der Waals surface area (Å²) in [7, 11) is 0. The number of aliphatic hydroxyl groups is 1. The number of rotatable bonds is 6. The average Bonchev–Trinajstić information content (AvgIpc) is 3.47. The van der Waals surface area contributed by atoms with E-state index in [1.807, 2.05) is 36.5 Å². The molecule has 1 unspecified atom stereocenters. The Morgan fingerprint density at radius 3 is 2.78 bits per heavy atom. The highest BCUT2D eigenvalue weighted by molar-refractivity contribution is 5.82. The third-order valence-corrected chi connectivity index (χ3v) is 10.5. The predicted octanol–water partition coefficient (Wildman–Crippen LogP) is 5.37. The first-order valence-electron chi connectivity index (χ1n) is 13.8. The van der Waals surface area contributed by atoms with E-state index in [1.54, 1.807) is 4.68 Å². The molecule has 0 radical (unpaired) electrons. The summed E-state index contributed by atoms with van der Waals surface area (Å²) in [4.78, 5) is 13.6. The lowest BCUT2D eigenvalue weighted by Crippen LogP contribution is -2.51. The highest BCUT2D eigenvalue weighted by Crippen LogP contribution is 2.66. The van der Waals surface area contributed by atoms with Crippen LogP contribution in [0.5, 0.6) is 5.75 Å². The first-order valence-corrected chi connectivity index (χ1v) is 13.8. The molecule has 0 spiro atoms. The van der Waals surface area contributed by atoms with Gasteiger partial charge >= 0.3 is 0 Å². The van der Waals surface area contributed by atoms with Gasteiger partial charge in [-0.2, -0.15) is 0 Å². The topological polar surface area (TPSA) is 77.2 Å². The van der Waals surface area contributed by atoms with Crippen molar-refractivity contribution in [1.29, 1.82) is 0 Å². The Morgan fingerprint density at radius 2 is 1.94 bits per heavy atom. The Kier molecular flexibility index (Phi) is 6.06. The third-order valence-electron chi connectivity index (χ3n) is 10.5. The number of carbonyl (C=O) groups excluding carboxylic acids is 1. The second kappa shape index (κ2) is 9.13. The van der Waals surface area contributed by atoms with Crippen molar-refractivity contribution in [3.05, 3.63) is 53.9 Å². The van der Waals surface area contributed by atoms with Crippen LogP contribution in [0, 0.1) is 34.5 Å². The van der Waals surface area contributed by atoms with Gasteiger partial charge in [0.1, 0.15) is 24.6 Å². The Morgan fingerprint density at radius 1 is 1.11 bits per heavy atom. The van der Waals surface area contributed by atoms with E-state index < -0.39 is 0 Å². The summed E-state index contributed by atoms with van der Waals surface area (Å²) in [5.41, 5.74) is 2.56. The monoisotopic (exact) mass is 489 g/mol. The number of para-hydroxylation sites is 1. The second-order valence-corrected chi connectivity index (χ2v) is 12.3. The summed E-state index contributed by atoms with van der Waals surface area (Å²) in [6.07, 6.45) is 12.7. The number of ether oxygens (including phenoxy) is 1. The van der Waals surface area contributed by atoms with Crippen LogP contribution in [0.2, 0.25) is 0 Å². The molecule has 3 saturated carbocycles. The standard InChI is InChI=1S/C30H39N3O3/c1-29-14-12-22(34)16-20(29)8-9-24-25-10-11-27(30(25,2)15-13-26(24)29)28(35)18-33-17-21(31-32-33)19-36-23-6-4-3-5-7-23/h3-8,17,22,24-27,34H,9-16,18-19H2,1-2H3/t22?,24-,25-,26-,27+,29-,30-/m0/s1. The molecule has 6 heteroatoms. The Labute approximate surface area is 214 Å². The Balaban J connectivity index is 1.12. The minimum absolute atomic E-state index is 0.0773. The van der Waals surface area contributed by atoms with Gasteiger partial charge in [-0.05, 0) is 92.1 Å². The van der Waals surface area contributed by atoms with Gasteiger partial charge in [-0.3, -0.25) is 4.79 Å². The van der Waals surface area contributed by atoms with Crippen molar-refractivity contribution in [1.82, 2.24) is 15.0 Å². The number of allylic oxidation sites excluding steroid dienone is 1. The Hall–Kier alpha value is -2.47. The maximum Gasteiger partial charge on any atom is 0.157 e. The molecule has 0 saturated heterocycles. The molecule has 1 aromatic carbocycles. The molecule has 1 aromatic heterocycles. The fourth-order valence-corrected chi connectivity index (χ4v) is 8.60. The van der Waals surface area contributed by atoms with Crippen LogP contribution in [0.4, 0.5) is 0 Å². The number of ketones is 1. The fraction of sp³-hybridized carbons (Fsp3) is 0.633. The van der Waals surface area contributed by atoms with Gasteiger partial charge < -0.3 is 9.84 Å². The van der Waals surface area contributed by atoms with Crippen LogP contribution < -0.4 is 4.74 Å². The van der Waals surface area contributed by atoms with Gasteiger partial charge in [0.05, 0.1) is 12.3 Å². The van der Waals surface area contributed by atoms with Crippen LogP contribution in [0.1, 0.15) is 70.9 Å². The zero-order valence-electron chi connectivity index (χ0n) is 21.6. The minimum Gasteiger partial charge on any atom is -0.487 e. The summed E-state index contributed by atoms with van der Waals surface area (Å²) in [6, 6.07) is 9.67. The molecule has 7 atom stereocenters. The van der Waals surface area contributed by atoms with Gasteiger partial charge in [0.15, 0.2) is 5.78 Å². The number of fused-ring (bicyclic) bond motifs is 5. The Bertz CT molecular complexity index is 1140. The molecule has 36 heavy (non-hydrogen) atoms. The van der Waals surface area contributed by atoms with Crippen LogP contribution in [0.15, 0.2) is 48.2 Å². The molecule has 0 aliphatic heterocycles. The van der Waals surface area contributed by atoms with Gasteiger partial charge in [0.2, 0.25) is 0 Å². The van der Waals surface area contributed by atoms with Gasteiger partial charge in [-0.15, -0.1) is 5.10 Å². The van der Waals surface area contributed by atoms with Crippen molar-refractivity contribution < 1.29 is 14.6 Å². The zero-order valence-corrected chi connectivity index (χ0v) is 21.6. The largest absolute Gasteiger partial charge is 0.487 e. The smallest absolute Gasteiger partial charge is 0.157 e. The molecule has 3 fully saturated rings. The number of nitrogens with zero attached hydrogens (tertiary/aromatic N) is 3. The summed E-state index contributed by atoms with van der Waals surface area (Å²) in [5.74, 6) is 3.17. The fourth-order valence-electron chi connectivity index (χ4n) is 8.60. The van der Waals surface area contributed by atoms with Gasteiger partial charge in [0, 0.05) is 5.92 Å². The molecule has 0 amide bonds. The van der Waals surface area contributed by atoms with E-state index in [0.717, 1.165) is 56.4 Å². The molecule has 6 nitrogen and oxygen atoms in total. The van der Waals surface area contributed by atoms with Crippen molar-refractivity contribution in [3.8, 4) is 5.75 Å².